The van der Waals surface area contributed by atoms with E-state index < -0.39 is 0 Å². The molecule has 0 fully saturated rings. The average molecular weight is 266 g/mol. The van der Waals surface area contributed by atoms with E-state index >= 15 is 0 Å². The molecule has 0 atom stereocenters. The number of rotatable bonds is 3. The van der Waals surface area contributed by atoms with Gasteiger partial charge in [-0.05, 0) is 29.8 Å². The Morgan fingerprint density at radius 1 is 1.15 bits per heavy atom. The Balaban J connectivity index is 1.82. The number of fused-ring (bicyclic) bond motifs is 1. The minimum atomic E-state index is -0.0694. The van der Waals surface area contributed by atoms with Crippen molar-refractivity contribution in [1.82, 2.24) is 15.0 Å². The molecule has 1 amide bonds. The number of aromatic nitrogens is 3. The van der Waals surface area contributed by atoms with Gasteiger partial charge in [-0.25, -0.2) is 4.68 Å². The summed E-state index contributed by atoms with van der Waals surface area (Å²) in [6.07, 6.45) is 0. The summed E-state index contributed by atoms with van der Waals surface area (Å²) < 4.78 is 1.86. The van der Waals surface area contributed by atoms with Gasteiger partial charge in [0.15, 0.2) is 0 Å². The second-order valence-electron chi connectivity index (χ2n) is 4.61. The van der Waals surface area contributed by atoms with Crippen molar-refractivity contribution >= 4 is 22.6 Å². The third-order valence-electron chi connectivity index (χ3n) is 3.03. The molecule has 100 valence electrons. The molecular weight excluding hydrogens is 252 g/mol. The molecule has 5 heteroatoms. The highest BCUT2D eigenvalue weighted by Gasteiger charge is 2.04. The molecule has 0 aliphatic carbocycles. The second-order valence-corrected chi connectivity index (χ2v) is 4.61. The van der Waals surface area contributed by atoms with E-state index in [1.165, 1.54) is 6.92 Å². The smallest absolute Gasteiger partial charge is 0.221 e. The molecule has 0 saturated carbocycles. The van der Waals surface area contributed by atoms with Crippen LogP contribution in [-0.2, 0) is 11.3 Å². The Hall–Kier alpha value is -2.69. The first kappa shape index (κ1) is 12.3. The van der Waals surface area contributed by atoms with Crippen LogP contribution in [-0.4, -0.2) is 20.9 Å². The summed E-state index contributed by atoms with van der Waals surface area (Å²) in [6, 6.07) is 15.6. The second kappa shape index (κ2) is 5.13. The van der Waals surface area contributed by atoms with Crippen LogP contribution >= 0.6 is 0 Å². The van der Waals surface area contributed by atoms with Crippen molar-refractivity contribution in [3.8, 4) is 0 Å². The molecule has 2 aromatic carbocycles. The first-order chi connectivity index (χ1) is 9.72. The van der Waals surface area contributed by atoms with Gasteiger partial charge in [0.05, 0.1) is 12.1 Å². The van der Waals surface area contributed by atoms with Crippen LogP contribution in [0.2, 0.25) is 0 Å². The van der Waals surface area contributed by atoms with Crippen molar-refractivity contribution in [3.05, 3.63) is 54.1 Å². The van der Waals surface area contributed by atoms with Crippen LogP contribution in [0.4, 0.5) is 5.69 Å². The molecule has 20 heavy (non-hydrogen) atoms. The summed E-state index contributed by atoms with van der Waals surface area (Å²) in [5.41, 5.74) is 3.81. The standard InChI is InChI=1S/C15H14N4O/c1-11(20)16-13-8-6-12(7-9-13)10-19-15-5-3-2-4-14(15)17-18-19/h2-9H,10H2,1H3,(H,16,20). The molecule has 0 aliphatic rings. The van der Waals surface area contributed by atoms with Gasteiger partial charge < -0.3 is 5.32 Å². The number of carbonyl (C=O) groups excluding carboxylic acids is 1. The van der Waals surface area contributed by atoms with Crippen molar-refractivity contribution in [1.29, 1.82) is 0 Å². The van der Waals surface area contributed by atoms with Crippen LogP contribution in [0.25, 0.3) is 11.0 Å². The first-order valence-electron chi connectivity index (χ1n) is 6.37. The monoisotopic (exact) mass is 266 g/mol. The maximum absolute atomic E-state index is 11.0. The molecule has 1 N–H and O–H groups in total. The van der Waals surface area contributed by atoms with Gasteiger partial charge in [-0.15, -0.1) is 5.10 Å². The summed E-state index contributed by atoms with van der Waals surface area (Å²) in [5, 5.41) is 11.0. The number of hydrogen-bond donors (Lipinski definition) is 1. The number of nitrogens with one attached hydrogen (secondary N) is 1. The lowest BCUT2D eigenvalue weighted by molar-refractivity contribution is -0.114. The first-order valence-corrected chi connectivity index (χ1v) is 6.37. The van der Waals surface area contributed by atoms with Crippen molar-refractivity contribution in [2.75, 3.05) is 5.32 Å². The summed E-state index contributed by atoms with van der Waals surface area (Å²) in [6.45, 7) is 2.15. The van der Waals surface area contributed by atoms with Crippen LogP contribution in [0.5, 0.6) is 0 Å². The van der Waals surface area contributed by atoms with E-state index in [9.17, 15) is 4.79 Å². The normalized spacial score (nSPS) is 10.7. The highest BCUT2D eigenvalue weighted by molar-refractivity contribution is 5.88. The Kier molecular flexibility index (Phi) is 3.16. The maximum atomic E-state index is 11.0. The van der Waals surface area contributed by atoms with Crippen LogP contribution in [0.1, 0.15) is 12.5 Å². The fourth-order valence-electron chi connectivity index (χ4n) is 2.10. The lowest BCUT2D eigenvalue weighted by atomic mass is 10.2. The molecule has 0 unspecified atom stereocenters. The van der Waals surface area contributed by atoms with Crippen molar-refractivity contribution < 1.29 is 4.79 Å². The highest BCUT2D eigenvalue weighted by Crippen LogP contribution is 2.14. The zero-order chi connectivity index (χ0) is 13.9. The highest BCUT2D eigenvalue weighted by atomic mass is 16.1. The molecular formula is C15H14N4O. The number of carbonyl (C=O) groups is 1. The minimum absolute atomic E-state index is 0.0694. The molecule has 1 aromatic heterocycles. The largest absolute Gasteiger partial charge is 0.326 e. The fraction of sp³-hybridized carbons (Fsp3) is 0.133. The average Bonchev–Trinajstić information content (AvgIpc) is 2.84. The van der Waals surface area contributed by atoms with E-state index in [1.54, 1.807) is 0 Å². The van der Waals surface area contributed by atoms with Crippen molar-refractivity contribution in [2.45, 2.75) is 13.5 Å². The summed E-state index contributed by atoms with van der Waals surface area (Å²) >= 11 is 0. The quantitative estimate of drug-likeness (QED) is 0.792. The van der Waals surface area contributed by atoms with Crippen LogP contribution in [0.3, 0.4) is 0 Å². The summed E-state index contributed by atoms with van der Waals surface area (Å²) in [4.78, 5) is 11.0. The lowest BCUT2D eigenvalue weighted by Crippen LogP contribution is -2.06. The van der Waals surface area contributed by atoms with Crippen molar-refractivity contribution in [2.24, 2.45) is 0 Å². The van der Waals surface area contributed by atoms with Crippen LogP contribution in [0.15, 0.2) is 48.5 Å². The van der Waals surface area contributed by atoms with Gasteiger partial charge in [-0.1, -0.05) is 29.5 Å². The molecule has 0 saturated heterocycles. The summed E-state index contributed by atoms with van der Waals surface area (Å²) in [7, 11) is 0. The fourth-order valence-corrected chi connectivity index (χ4v) is 2.10. The van der Waals surface area contributed by atoms with E-state index in [0.29, 0.717) is 6.54 Å². The van der Waals surface area contributed by atoms with Crippen LogP contribution < -0.4 is 5.32 Å². The SMILES string of the molecule is CC(=O)Nc1ccc(Cn2nnc3ccccc32)cc1. The van der Waals surface area contributed by atoms with E-state index in [0.717, 1.165) is 22.3 Å². The number of benzene rings is 2. The number of nitrogens with zero attached hydrogens (tertiary/aromatic N) is 3. The van der Waals surface area contributed by atoms with Gasteiger partial charge in [-0.3, -0.25) is 4.79 Å². The Morgan fingerprint density at radius 2 is 1.90 bits per heavy atom. The molecule has 3 rings (SSSR count). The number of anilines is 1. The van der Waals surface area contributed by atoms with Crippen LogP contribution in [0, 0.1) is 0 Å². The molecule has 0 aliphatic heterocycles. The number of hydrogen-bond acceptors (Lipinski definition) is 3. The Labute approximate surface area is 116 Å². The van der Waals surface area contributed by atoms with Gasteiger partial charge >= 0.3 is 0 Å². The van der Waals surface area contributed by atoms with Gasteiger partial charge in [0, 0.05) is 12.6 Å². The van der Waals surface area contributed by atoms with Gasteiger partial charge in [0.25, 0.3) is 0 Å². The van der Waals surface area contributed by atoms with Crippen molar-refractivity contribution in [3.63, 3.8) is 0 Å². The van der Waals surface area contributed by atoms with Gasteiger partial charge in [0.1, 0.15) is 5.52 Å². The molecule has 1 heterocycles. The predicted octanol–water partition coefficient (Wildman–Crippen LogP) is 2.44. The zero-order valence-electron chi connectivity index (χ0n) is 11.1. The number of para-hydroxylation sites is 1. The third-order valence-corrected chi connectivity index (χ3v) is 3.03. The van der Waals surface area contributed by atoms with Gasteiger partial charge in [-0.2, -0.15) is 0 Å². The third kappa shape index (κ3) is 2.51. The maximum Gasteiger partial charge on any atom is 0.221 e. The Bertz CT molecular complexity index is 746. The molecule has 0 bridgehead atoms. The number of amides is 1. The van der Waals surface area contributed by atoms with E-state index in [-0.39, 0.29) is 5.91 Å². The Morgan fingerprint density at radius 3 is 2.65 bits per heavy atom. The summed E-state index contributed by atoms with van der Waals surface area (Å²) in [5.74, 6) is -0.0694. The van der Waals surface area contributed by atoms with E-state index in [1.807, 2.05) is 53.2 Å². The minimum Gasteiger partial charge on any atom is -0.326 e. The molecule has 3 aromatic rings. The van der Waals surface area contributed by atoms with Gasteiger partial charge in [0.2, 0.25) is 5.91 Å². The van der Waals surface area contributed by atoms with E-state index in [4.69, 9.17) is 0 Å². The molecule has 0 radical (unpaired) electrons. The molecule has 0 spiro atoms. The zero-order valence-corrected chi connectivity index (χ0v) is 11.1. The topological polar surface area (TPSA) is 59.8 Å². The van der Waals surface area contributed by atoms with E-state index in [2.05, 4.69) is 15.6 Å². The predicted molar refractivity (Wildman–Crippen MR) is 77.4 cm³/mol. The lowest BCUT2D eigenvalue weighted by Gasteiger charge is -2.05. The molecule has 5 nitrogen and oxygen atoms in total.